The van der Waals surface area contributed by atoms with E-state index in [0.717, 1.165) is 32.7 Å². The Kier molecular flexibility index (Phi) is 16.5. The molecule has 3 rings (SSSR count). The summed E-state index contributed by atoms with van der Waals surface area (Å²) in [4.78, 5) is 45.1. The SMILES string of the molecule is N=C(Cc1ccccc1Sc1ccccc1)N1CCN(CCO)CC1.O=C(O)/C=C/C(=O)O.O=C(O)/C=C/C(=O)O. The molecule has 0 spiro atoms. The van der Waals surface area contributed by atoms with Crippen LogP contribution in [0.15, 0.2) is 88.7 Å². The quantitative estimate of drug-likeness (QED) is 0.135. The molecule has 1 heterocycles. The molecule has 0 atom stereocenters. The molecule has 0 unspecified atom stereocenters. The second kappa shape index (κ2) is 19.6. The summed E-state index contributed by atoms with van der Waals surface area (Å²) in [7, 11) is 0. The topological polar surface area (TPSA) is 200 Å². The second-order valence-corrected chi connectivity index (χ2v) is 9.33. The Morgan fingerprint density at radius 2 is 1.20 bits per heavy atom. The number of β-amino-alcohol motifs (C(OH)–C–C–N with tert-alkyl or cyclic N) is 1. The summed E-state index contributed by atoms with van der Waals surface area (Å²) in [6, 6.07) is 18.8. The van der Waals surface area contributed by atoms with E-state index in [1.807, 2.05) is 6.07 Å². The predicted octanol–water partition coefficient (Wildman–Crippen LogP) is 2.39. The van der Waals surface area contributed by atoms with Crippen molar-refractivity contribution in [1.29, 1.82) is 5.41 Å². The molecule has 220 valence electrons. The van der Waals surface area contributed by atoms with Gasteiger partial charge >= 0.3 is 23.9 Å². The highest BCUT2D eigenvalue weighted by molar-refractivity contribution is 7.99. The van der Waals surface area contributed by atoms with Crippen LogP contribution in [0.2, 0.25) is 0 Å². The minimum absolute atomic E-state index is 0.210. The van der Waals surface area contributed by atoms with Crippen molar-refractivity contribution in [3.8, 4) is 0 Å². The molecule has 2 aromatic rings. The van der Waals surface area contributed by atoms with Crippen LogP contribution >= 0.6 is 11.8 Å². The third kappa shape index (κ3) is 16.3. The van der Waals surface area contributed by atoms with E-state index in [2.05, 4.69) is 58.3 Å². The molecule has 41 heavy (non-hydrogen) atoms. The molecule has 0 bridgehead atoms. The van der Waals surface area contributed by atoms with Crippen molar-refractivity contribution < 1.29 is 44.7 Å². The fraction of sp³-hybridized carbons (Fsp3) is 0.250. The van der Waals surface area contributed by atoms with Crippen molar-refractivity contribution in [1.82, 2.24) is 9.80 Å². The van der Waals surface area contributed by atoms with Gasteiger partial charge in [-0.15, -0.1) is 0 Å². The number of nitrogens with one attached hydrogen (secondary N) is 1. The smallest absolute Gasteiger partial charge is 0.328 e. The number of hydrogen-bond donors (Lipinski definition) is 6. The van der Waals surface area contributed by atoms with Crippen LogP contribution in [0.25, 0.3) is 0 Å². The molecule has 1 aliphatic heterocycles. The minimum atomic E-state index is -1.26. The lowest BCUT2D eigenvalue weighted by atomic mass is 10.1. The van der Waals surface area contributed by atoms with Crippen molar-refractivity contribution in [3.63, 3.8) is 0 Å². The average molecular weight is 588 g/mol. The molecule has 2 aromatic carbocycles. The largest absolute Gasteiger partial charge is 0.478 e. The Balaban J connectivity index is 0.000000433. The molecular formula is C28H33N3O9S. The Hall–Kier alpha value is -4.46. The number of nitrogens with zero attached hydrogens (tertiary/aromatic N) is 2. The summed E-state index contributed by atoms with van der Waals surface area (Å²) in [6.07, 6.45) is 2.89. The number of hydrogen-bond acceptors (Lipinski definition) is 8. The van der Waals surface area contributed by atoms with Crippen molar-refractivity contribution in [3.05, 3.63) is 84.5 Å². The third-order valence-corrected chi connectivity index (χ3v) is 6.33. The Labute approximate surface area is 241 Å². The maximum Gasteiger partial charge on any atom is 0.328 e. The van der Waals surface area contributed by atoms with Gasteiger partial charge in [0.2, 0.25) is 0 Å². The van der Waals surface area contributed by atoms with Crippen molar-refractivity contribution in [2.24, 2.45) is 0 Å². The van der Waals surface area contributed by atoms with Crippen molar-refractivity contribution >= 4 is 41.5 Å². The van der Waals surface area contributed by atoms with E-state index in [0.29, 0.717) is 36.6 Å². The Bertz CT molecular complexity index is 1150. The molecule has 0 radical (unpaired) electrons. The highest BCUT2D eigenvalue weighted by Gasteiger charge is 2.19. The van der Waals surface area contributed by atoms with E-state index in [1.165, 1.54) is 15.4 Å². The number of amidine groups is 1. The standard InChI is InChI=1S/C20H25N3OS.2C4H4O4/c21-20(23-12-10-22(11-13-23)14-15-24)16-17-6-4-5-9-19(17)25-18-7-2-1-3-8-18;2*5-3(6)1-2-4(7)8/h1-9,21,24H,10-16H2;2*1-2H,(H,5,6)(H,7,8)/b;2*2-1+. The third-order valence-electron chi connectivity index (χ3n) is 5.21. The van der Waals surface area contributed by atoms with Crippen LogP contribution in [-0.4, -0.2) is 104 Å². The summed E-state index contributed by atoms with van der Waals surface area (Å²) in [5.74, 6) is -4.34. The maximum atomic E-state index is 9.55. The maximum absolute atomic E-state index is 9.55. The molecule has 13 heteroatoms. The summed E-state index contributed by atoms with van der Waals surface area (Å²) >= 11 is 1.76. The van der Waals surface area contributed by atoms with Crippen LogP contribution < -0.4 is 0 Å². The highest BCUT2D eigenvalue weighted by Crippen LogP contribution is 2.30. The molecule has 12 nitrogen and oxygen atoms in total. The molecule has 0 amide bonds. The normalized spacial score (nSPS) is 13.0. The molecule has 6 N–H and O–H groups in total. The lowest BCUT2D eigenvalue weighted by Gasteiger charge is -2.36. The van der Waals surface area contributed by atoms with Gasteiger partial charge in [0, 0.05) is 73.2 Å². The Morgan fingerprint density at radius 3 is 1.66 bits per heavy atom. The van der Waals surface area contributed by atoms with Gasteiger partial charge in [0.05, 0.1) is 6.61 Å². The first-order valence-corrected chi connectivity index (χ1v) is 13.1. The van der Waals surface area contributed by atoms with Crippen LogP contribution in [0, 0.1) is 5.41 Å². The molecule has 1 aliphatic rings. The molecule has 0 aliphatic carbocycles. The van der Waals surface area contributed by atoms with Gasteiger partial charge in [0.1, 0.15) is 5.84 Å². The highest BCUT2D eigenvalue weighted by atomic mass is 32.2. The average Bonchev–Trinajstić information content (AvgIpc) is 2.94. The number of piperazine rings is 1. The number of carboxylic acid groups (broad SMARTS) is 4. The number of benzene rings is 2. The predicted molar refractivity (Wildman–Crippen MR) is 152 cm³/mol. The summed E-state index contributed by atoms with van der Waals surface area (Å²) in [5.41, 5.74) is 1.21. The van der Waals surface area contributed by atoms with Crippen LogP contribution in [-0.2, 0) is 25.6 Å². The van der Waals surface area contributed by atoms with E-state index < -0.39 is 23.9 Å². The number of carbonyl (C=O) groups is 4. The number of carboxylic acids is 4. The molecule has 0 saturated carbocycles. The van der Waals surface area contributed by atoms with E-state index >= 15 is 0 Å². The van der Waals surface area contributed by atoms with Gasteiger partial charge in [-0.2, -0.15) is 0 Å². The number of aliphatic hydroxyl groups excluding tert-OH is 1. The molecule has 1 saturated heterocycles. The fourth-order valence-corrected chi connectivity index (χ4v) is 4.29. The van der Waals surface area contributed by atoms with Gasteiger partial charge in [0.15, 0.2) is 0 Å². The lowest BCUT2D eigenvalue weighted by molar-refractivity contribution is -0.134. The first-order valence-electron chi connectivity index (χ1n) is 12.3. The van der Waals surface area contributed by atoms with Crippen molar-refractivity contribution in [2.45, 2.75) is 16.2 Å². The van der Waals surface area contributed by atoms with Gasteiger partial charge in [-0.05, 0) is 23.8 Å². The molecule has 0 aromatic heterocycles. The number of aliphatic hydroxyl groups is 1. The van der Waals surface area contributed by atoms with Gasteiger partial charge < -0.3 is 30.4 Å². The van der Waals surface area contributed by atoms with E-state index in [-0.39, 0.29) is 6.61 Å². The summed E-state index contributed by atoms with van der Waals surface area (Å²) < 4.78 is 0. The van der Waals surface area contributed by atoms with Crippen LogP contribution in [0.1, 0.15) is 5.56 Å². The monoisotopic (exact) mass is 587 g/mol. The zero-order chi connectivity index (χ0) is 30.6. The number of rotatable bonds is 10. The zero-order valence-corrected chi connectivity index (χ0v) is 22.9. The van der Waals surface area contributed by atoms with Gasteiger partial charge in [-0.25, -0.2) is 19.2 Å². The van der Waals surface area contributed by atoms with Gasteiger partial charge in [0.25, 0.3) is 0 Å². The summed E-state index contributed by atoms with van der Waals surface area (Å²) in [6.45, 7) is 4.52. The van der Waals surface area contributed by atoms with Gasteiger partial charge in [-0.1, -0.05) is 48.2 Å². The van der Waals surface area contributed by atoms with E-state index in [4.69, 9.17) is 30.9 Å². The minimum Gasteiger partial charge on any atom is -0.478 e. The van der Waals surface area contributed by atoms with E-state index in [1.54, 1.807) is 11.8 Å². The lowest BCUT2D eigenvalue weighted by Crippen LogP contribution is -2.49. The van der Waals surface area contributed by atoms with Crippen LogP contribution in [0.5, 0.6) is 0 Å². The van der Waals surface area contributed by atoms with Crippen LogP contribution in [0.3, 0.4) is 0 Å². The Morgan fingerprint density at radius 1 is 0.732 bits per heavy atom. The van der Waals surface area contributed by atoms with Crippen molar-refractivity contribution in [2.75, 3.05) is 39.3 Å². The molecule has 1 fully saturated rings. The van der Waals surface area contributed by atoms with E-state index in [9.17, 15) is 19.2 Å². The van der Waals surface area contributed by atoms with Gasteiger partial charge in [-0.3, -0.25) is 10.3 Å². The first kappa shape index (κ1) is 34.6. The fourth-order valence-electron chi connectivity index (χ4n) is 3.33. The second-order valence-electron chi connectivity index (χ2n) is 8.22. The zero-order valence-electron chi connectivity index (χ0n) is 22.1. The van der Waals surface area contributed by atoms with Crippen LogP contribution in [0.4, 0.5) is 0 Å². The summed E-state index contributed by atoms with van der Waals surface area (Å²) in [5, 5.41) is 48.8. The molecular weight excluding hydrogens is 554 g/mol. The first-order chi connectivity index (χ1) is 19.5. The number of aliphatic carboxylic acids is 4.